The second-order valence-corrected chi connectivity index (χ2v) is 4.86. The molecule has 1 saturated carbocycles. The molecule has 1 unspecified atom stereocenters. The lowest BCUT2D eigenvalue weighted by Crippen LogP contribution is -2.51. The lowest BCUT2D eigenvalue weighted by Gasteiger charge is -2.27. The predicted molar refractivity (Wildman–Crippen MR) is 69.8 cm³/mol. The third-order valence-corrected chi connectivity index (χ3v) is 3.33. The summed E-state index contributed by atoms with van der Waals surface area (Å²) >= 11 is 0. The Labute approximate surface area is 108 Å². The molecule has 1 aliphatic rings. The Morgan fingerprint density at radius 3 is 2.22 bits per heavy atom. The molecule has 0 spiro atoms. The van der Waals surface area contributed by atoms with Gasteiger partial charge in [0.15, 0.2) is 0 Å². The molecule has 100 valence electrons. The van der Waals surface area contributed by atoms with E-state index in [4.69, 9.17) is 15.2 Å². The van der Waals surface area contributed by atoms with Crippen LogP contribution in [-0.2, 0) is 0 Å². The molecule has 3 N–H and O–H groups in total. The van der Waals surface area contributed by atoms with E-state index in [1.807, 2.05) is 31.2 Å². The maximum absolute atomic E-state index is 9.36. The van der Waals surface area contributed by atoms with Crippen LogP contribution in [0.4, 0.5) is 0 Å². The summed E-state index contributed by atoms with van der Waals surface area (Å²) in [5, 5.41) is 9.36. The zero-order valence-electron chi connectivity index (χ0n) is 10.8. The molecule has 4 nitrogen and oxygen atoms in total. The molecule has 1 aromatic rings. The molecule has 0 bridgehead atoms. The van der Waals surface area contributed by atoms with E-state index in [-0.39, 0.29) is 6.61 Å². The molecule has 0 saturated heterocycles. The van der Waals surface area contributed by atoms with Crippen LogP contribution in [0, 0.1) is 5.92 Å². The predicted octanol–water partition coefficient (Wildman–Crippen LogP) is 1.56. The maximum Gasteiger partial charge on any atom is 0.119 e. The largest absolute Gasteiger partial charge is 0.494 e. The van der Waals surface area contributed by atoms with Crippen LogP contribution in [0.15, 0.2) is 24.3 Å². The molecule has 0 radical (unpaired) electrons. The van der Waals surface area contributed by atoms with Crippen LogP contribution in [0.5, 0.6) is 11.5 Å². The van der Waals surface area contributed by atoms with Crippen LogP contribution in [0.25, 0.3) is 0 Å². The van der Waals surface area contributed by atoms with E-state index in [9.17, 15) is 5.11 Å². The van der Waals surface area contributed by atoms with Gasteiger partial charge in [0.25, 0.3) is 0 Å². The molecule has 0 aliphatic heterocycles. The van der Waals surface area contributed by atoms with Crippen molar-refractivity contribution in [3.8, 4) is 11.5 Å². The average molecular weight is 251 g/mol. The number of nitrogens with two attached hydrogens (primary N) is 1. The summed E-state index contributed by atoms with van der Waals surface area (Å²) < 4.78 is 11.0. The van der Waals surface area contributed by atoms with Gasteiger partial charge in [-0.1, -0.05) is 0 Å². The van der Waals surface area contributed by atoms with Gasteiger partial charge in [0.1, 0.15) is 18.1 Å². The van der Waals surface area contributed by atoms with E-state index in [1.165, 1.54) is 0 Å². The van der Waals surface area contributed by atoms with Gasteiger partial charge in [-0.3, -0.25) is 0 Å². The standard InChI is InChI=1S/C14H21NO3/c1-2-17-12-5-7-13(8-6-12)18-10-14(15,9-16)11-3-4-11/h5-8,11,16H,2-4,9-10,15H2,1H3. The van der Waals surface area contributed by atoms with Gasteiger partial charge in [-0.2, -0.15) is 0 Å². The lowest BCUT2D eigenvalue weighted by molar-refractivity contribution is 0.117. The van der Waals surface area contributed by atoms with E-state index in [0.717, 1.165) is 24.3 Å². The highest BCUT2D eigenvalue weighted by Crippen LogP contribution is 2.38. The number of hydrogen-bond acceptors (Lipinski definition) is 4. The van der Waals surface area contributed by atoms with Gasteiger partial charge in [-0.05, 0) is 49.9 Å². The molecule has 0 aromatic heterocycles. The highest BCUT2D eigenvalue weighted by molar-refractivity contribution is 5.31. The topological polar surface area (TPSA) is 64.7 Å². The minimum atomic E-state index is -0.599. The SMILES string of the molecule is CCOc1ccc(OCC(N)(CO)C2CC2)cc1. The van der Waals surface area contributed by atoms with Crippen molar-refractivity contribution >= 4 is 0 Å². The van der Waals surface area contributed by atoms with Gasteiger partial charge in [-0.25, -0.2) is 0 Å². The third kappa shape index (κ3) is 3.15. The van der Waals surface area contributed by atoms with Crippen LogP contribution in [-0.4, -0.2) is 30.5 Å². The Bertz CT molecular complexity index is 375. The number of ether oxygens (including phenoxy) is 2. The first kappa shape index (κ1) is 13.2. The minimum absolute atomic E-state index is 0.0330. The van der Waals surface area contributed by atoms with E-state index >= 15 is 0 Å². The van der Waals surface area contributed by atoms with Gasteiger partial charge in [0, 0.05) is 0 Å². The summed E-state index contributed by atoms with van der Waals surface area (Å²) in [5.74, 6) is 1.97. The minimum Gasteiger partial charge on any atom is -0.494 e. The summed E-state index contributed by atoms with van der Waals surface area (Å²) in [7, 11) is 0. The van der Waals surface area contributed by atoms with Crippen molar-refractivity contribution in [3.05, 3.63) is 24.3 Å². The number of hydrogen-bond donors (Lipinski definition) is 2. The Morgan fingerprint density at radius 1 is 1.22 bits per heavy atom. The number of benzene rings is 1. The van der Waals surface area contributed by atoms with E-state index in [2.05, 4.69) is 0 Å². The zero-order valence-corrected chi connectivity index (χ0v) is 10.8. The Morgan fingerprint density at radius 2 is 1.78 bits per heavy atom. The molecular weight excluding hydrogens is 230 g/mol. The second kappa shape index (κ2) is 5.59. The molecule has 18 heavy (non-hydrogen) atoms. The van der Waals surface area contributed by atoms with Crippen molar-refractivity contribution < 1.29 is 14.6 Å². The van der Waals surface area contributed by atoms with Gasteiger partial charge in [0.05, 0.1) is 18.8 Å². The van der Waals surface area contributed by atoms with Crippen molar-refractivity contribution in [2.75, 3.05) is 19.8 Å². The summed E-state index contributed by atoms with van der Waals surface area (Å²) in [5.41, 5.74) is 5.53. The fourth-order valence-corrected chi connectivity index (χ4v) is 1.97. The van der Waals surface area contributed by atoms with Crippen LogP contribution in [0.3, 0.4) is 0 Å². The molecule has 4 heteroatoms. The quantitative estimate of drug-likeness (QED) is 0.772. The van der Waals surface area contributed by atoms with E-state index in [0.29, 0.717) is 19.1 Å². The van der Waals surface area contributed by atoms with Crippen molar-refractivity contribution in [1.29, 1.82) is 0 Å². The highest BCUT2D eigenvalue weighted by atomic mass is 16.5. The Balaban J connectivity index is 1.89. The fourth-order valence-electron chi connectivity index (χ4n) is 1.97. The van der Waals surface area contributed by atoms with Crippen molar-refractivity contribution in [2.45, 2.75) is 25.3 Å². The smallest absolute Gasteiger partial charge is 0.119 e. The monoisotopic (exact) mass is 251 g/mol. The third-order valence-electron chi connectivity index (χ3n) is 3.33. The zero-order chi connectivity index (χ0) is 13.0. The molecular formula is C14H21NO3. The molecule has 1 fully saturated rings. The first-order valence-corrected chi connectivity index (χ1v) is 6.43. The van der Waals surface area contributed by atoms with E-state index < -0.39 is 5.54 Å². The lowest BCUT2D eigenvalue weighted by atomic mass is 9.97. The molecule has 1 atom stereocenters. The Kier molecular flexibility index (Phi) is 4.09. The average Bonchev–Trinajstić information content (AvgIpc) is 3.23. The first-order chi connectivity index (χ1) is 8.68. The van der Waals surface area contributed by atoms with Gasteiger partial charge >= 0.3 is 0 Å². The van der Waals surface area contributed by atoms with E-state index in [1.54, 1.807) is 0 Å². The second-order valence-electron chi connectivity index (χ2n) is 4.86. The Hall–Kier alpha value is -1.26. The van der Waals surface area contributed by atoms with Crippen molar-refractivity contribution in [3.63, 3.8) is 0 Å². The number of aliphatic hydroxyl groups excluding tert-OH is 1. The van der Waals surface area contributed by atoms with Crippen LogP contribution >= 0.6 is 0 Å². The summed E-state index contributed by atoms with van der Waals surface area (Å²) in [4.78, 5) is 0. The van der Waals surface area contributed by atoms with Crippen LogP contribution < -0.4 is 15.2 Å². The molecule has 1 aliphatic carbocycles. The molecule has 1 aromatic carbocycles. The molecule has 0 heterocycles. The molecule has 0 amide bonds. The summed E-state index contributed by atoms with van der Waals surface area (Å²) in [6.45, 7) is 2.92. The first-order valence-electron chi connectivity index (χ1n) is 6.43. The maximum atomic E-state index is 9.36. The normalized spacial score (nSPS) is 18.2. The van der Waals surface area contributed by atoms with Crippen molar-refractivity contribution in [2.24, 2.45) is 11.7 Å². The van der Waals surface area contributed by atoms with Gasteiger partial charge < -0.3 is 20.3 Å². The summed E-state index contributed by atoms with van der Waals surface area (Å²) in [6.07, 6.45) is 2.17. The van der Waals surface area contributed by atoms with Gasteiger partial charge in [0.2, 0.25) is 0 Å². The van der Waals surface area contributed by atoms with Crippen LogP contribution in [0.2, 0.25) is 0 Å². The number of rotatable bonds is 7. The summed E-state index contributed by atoms with van der Waals surface area (Å²) in [6, 6.07) is 7.45. The number of aliphatic hydroxyl groups is 1. The van der Waals surface area contributed by atoms with Crippen molar-refractivity contribution in [1.82, 2.24) is 0 Å². The fraction of sp³-hybridized carbons (Fsp3) is 0.571. The van der Waals surface area contributed by atoms with Gasteiger partial charge in [-0.15, -0.1) is 0 Å². The molecule has 2 rings (SSSR count). The highest BCUT2D eigenvalue weighted by Gasteiger charge is 2.42. The van der Waals surface area contributed by atoms with Crippen LogP contribution in [0.1, 0.15) is 19.8 Å².